The lowest BCUT2D eigenvalue weighted by Crippen LogP contribution is -2.32. The topological polar surface area (TPSA) is 102 Å². The van der Waals surface area contributed by atoms with E-state index in [1.54, 1.807) is 0 Å². The molecule has 0 aliphatic carbocycles. The Balaban J connectivity index is 1.86. The van der Waals surface area contributed by atoms with E-state index in [9.17, 15) is 26.4 Å². The van der Waals surface area contributed by atoms with Gasteiger partial charge in [0, 0.05) is 31.1 Å². The van der Waals surface area contributed by atoms with Crippen LogP contribution >= 0.6 is 0 Å². The van der Waals surface area contributed by atoms with E-state index in [-0.39, 0.29) is 6.54 Å². The molecule has 1 aromatic rings. The lowest BCUT2D eigenvalue weighted by atomic mass is 9.83. The molecule has 8 nitrogen and oxygen atoms in total. The predicted octanol–water partition coefficient (Wildman–Crippen LogP) is 1.14. The number of fused-ring (bicyclic) bond motifs is 2. The maximum Gasteiger partial charge on any atom is 0.534 e. The minimum Gasteiger partial charge on any atom is -0.465 e. The maximum absolute atomic E-state index is 12.3. The normalized spacial score (nSPS) is 24.2. The van der Waals surface area contributed by atoms with Crippen molar-refractivity contribution in [1.29, 1.82) is 0 Å². The molecule has 2 aliphatic rings. The minimum atomic E-state index is -5.78. The number of likely N-dealkylation sites (tertiary alicyclic amines) is 1. The van der Waals surface area contributed by atoms with E-state index in [2.05, 4.69) is 9.28 Å². The smallest absolute Gasteiger partial charge is 0.465 e. The van der Waals surface area contributed by atoms with Crippen molar-refractivity contribution in [3.63, 3.8) is 0 Å². The van der Waals surface area contributed by atoms with Crippen LogP contribution in [0.25, 0.3) is 0 Å². The fourth-order valence-electron chi connectivity index (χ4n) is 3.09. The molecule has 1 unspecified atom stereocenters. The Labute approximate surface area is 128 Å². The molecule has 1 N–H and O–H groups in total. The molecule has 3 rings (SSSR count). The highest BCUT2D eigenvalue weighted by molar-refractivity contribution is 7.87. The van der Waals surface area contributed by atoms with Gasteiger partial charge in [0.2, 0.25) is 0 Å². The molecule has 1 spiro atoms. The van der Waals surface area contributed by atoms with Gasteiger partial charge in [0.1, 0.15) is 0 Å². The summed E-state index contributed by atoms with van der Waals surface area (Å²) in [6.07, 6.45) is 0.0120. The van der Waals surface area contributed by atoms with Crippen LogP contribution in [0.1, 0.15) is 18.5 Å². The van der Waals surface area contributed by atoms with E-state index in [0.717, 1.165) is 6.07 Å². The van der Waals surface area contributed by atoms with Crippen LogP contribution in [0.4, 0.5) is 18.0 Å². The van der Waals surface area contributed by atoms with E-state index >= 15 is 0 Å². The van der Waals surface area contributed by atoms with Crippen molar-refractivity contribution in [2.75, 3.05) is 13.1 Å². The summed E-state index contributed by atoms with van der Waals surface area (Å²) in [5, 5.41) is 12.8. The van der Waals surface area contributed by atoms with Gasteiger partial charge in [-0.3, -0.25) is 4.68 Å². The first-order valence-electron chi connectivity index (χ1n) is 6.61. The number of halogens is 3. The van der Waals surface area contributed by atoms with Crippen molar-refractivity contribution in [3.05, 3.63) is 11.8 Å². The molecule has 1 aromatic heterocycles. The Bertz CT molecular complexity index is 759. The highest BCUT2D eigenvalue weighted by Crippen LogP contribution is 2.44. The van der Waals surface area contributed by atoms with Gasteiger partial charge < -0.3 is 14.2 Å². The molecule has 1 atom stereocenters. The highest BCUT2D eigenvalue weighted by Gasteiger charge is 2.50. The summed E-state index contributed by atoms with van der Waals surface area (Å²) in [5.74, 6) is -0.662. The molecule has 0 aromatic carbocycles. The van der Waals surface area contributed by atoms with Gasteiger partial charge in [-0.1, -0.05) is 0 Å². The van der Waals surface area contributed by atoms with Gasteiger partial charge in [-0.2, -0.15) is 21.6 Å². The number of amides is 1. The summed E-state index contributed by atoms with van der Waals surface area (Å²) in [6.45, 7) is 0.856. The first kappa shape index (κ1) is 15.9. The zero-order chi connectivity index (χ0) is 17.0. The fourth-order valence-corrected chi connectivity index (χ4v) is 3.49. The number of aromatic nitrogens is 2. The number of hydrogen-bond acceptors (Lipinski definition) is 5. The molecule has 3 heterocycles. The second-order valence-corrected chi connectivity index (χ2v) is 7.10. The molecular weight excluding hydrogens is 343 g/mol. The molecule has 0 saturated carbocycles. The molecule has 0 radical (unpaired) electrons. The number of carboxylic acid groups (broad SMARTS) is 1. The second-order valence-electron chi connectivity index (χ2n) is 5.56. The van der Waals surface area contributed by atoms with Crippen molar-refractivity contribution in [1.82, 2.24) is 14.7 Å². The molecule has 23 heavy (non-hydrogen) atoms. The Hall–Kier alpha value is -1.98. The number of hydrogen-bond donors (Lipinski definition) is 1. The summed E-state index contributed by atoms with van der Waals surface area (Å²) in [4.78, 5) is 12.2. The first-order valence-corrected chi connectivity index (χ1v) is 8.02. The summed E-state index contributed by atoms with van der Waals surface area (Å²) < 4.78 is 64.4. The molecule has 1 amide bonds. The Morgan fingerprint density at radius 3 is 2.57 bits per heavy atom. The Kier molecular flexibility index (Phi) is 3.29. The molecule has 2 aliphatic heterocycles. The number of rotatable bonds is 2. The third-order valence-corrected chi connectivity index (χ3v) is 5.16. The molecule has 12 heteroatoms. The zero-order valence-electron chi connectivity index (χ0n) is 11.6. The van der Waals surface area contributed by atoms with Gasteiger partial charge in [-0.05, 0) is 12.8 Å². The zero-order valence-corrected chi connectivity index (χ0v) is 12.4. The van der Waals surface area contributed by atoms with Gasteiger partial charge in [-0.15, -0.1) is 5.10 Å². The lowest BCUT2D eigenvalue weighted by molar-refractivity contribution is -0.0501. The summed E-state index contributed by atoms with van der Waals surface area (Å²) in [5.41, 5.74) is -5.60. The van der Waals surface area contributed by atoms with Crippen LogP contribution in [0.5, 0.6) is 5.88 Å². The number of carbonyl (C=O) groups is 1. The molecule has 128 valence electrons. The number of alkyl halides is 3. The van der Waals surface area contributed by atoms with Crippen LogP contribution in [0.15, 0.2) is 6.07 Å². The van der Waals surface area contributed by atoms with Crippen molar-refractivity contribution in [2.45, 2.75) is 30.3 Å². The molecule has 1 saturated heterocycles. The standard InChI is InChI=1S/C11H12F3N3O5S/c12-11(13,14)23(20,21)22-8-5-7-10(2-4-17(7)15-8)1-3-16(6-10)9(18)19/h5H,1-4,6H2,(H,18,19). The minimum absolute atomic E-state index is 0.194. The first-order chi connectivity index (χ1) is 10.5. The Morgan fingerprint density at radius 1 is 1.35 bits per heavy atom. The van der Waals surface area contributed by atoms with Crippen LogP contribution < -0.4 is 4.18 Å². The van der Waals surface area contributed by atoms with Crippen LogP contribution in [-0.4, -0.2) is 52.9 Å². The van der Waals surface area contributed by atoms with Gasteiger partial charge >= 0.3 is 21.7 Å². The van der Waals surface area contributed by atoms with Crippen molar-refractivity contribution in [3.8, 4) is 5.88 Å². The van der Waals surface area contributed by atoms with Gasteiger partial charge in [0.15, 0.2) is 0 Å². The molecular formula is C11H12F3N3O5S. The largest absolute Gasteiger partial charge is 0.534 e. The SMILES string of the molecule is O=C(O)N1CCC2(CCn3nc(OS(=O)(=O)C(F)(F)F)cc32)C1. The predicted molar refractivity (Wildman–Crippen MR) is 68.3 cm³/mol. The van der Waals surface area contributed by atoms with Crippen LogP contribution in [0.3, 0.4) is 0 Å². The van der Waals surface area contributed by atoms with E-state index in [1.807, 2.05) is 0 Å². The van der Waals surface area contributed by atoms with Crippen molar-refractivity contribution >= 4 is 16.2 Å². The van der Waals surface area contributed by atoms with E-state index < -0.39 is 33.0 Å². The van der Waals surface area contributed by atoms with E-state index in [1.165, 1.54) is 9.58 Å². The van der Waals surface area contributed by atoms with Crippen molar-refractivity contribution < 1.29 is 35.7 Å². The fraction of sp³-hybridized carbons (Fsp3) is 0.636. The lowest BCUT2D eigenvalue weighted by Gasteiger charge is -2.21. The summed E-state index contributed by atoms with van der Waals surface area (Å²) in [6, 6.07) is 1.14. The maximum atomic E-state index is 12.3. The highest BCUT2D eigenvalue weighted by atomic mass is 32.2. The quantitative estimate of drug-likeness (QED) is 0.630. The van der Waals surface area contributed by atoms with Gasteiger partial charge in [0.05, 0.1) is 5.69 Å². The molecule has 0 bridgehead atoms. The average Bonchev–Trinajstić information content (AvgIpc) is 3.06. The third-order valence-electron chi connectivity index (χ3n) is 4.21. The second kappa shape index (κ2) is 4.76. The van der Waals surface area contributed by atoms with Crippen molar-refractivity contribution in [2.24, 2.45) is 0 Å². The van der Waals surface area contributed by atoms with Gasteiger partial charge in [-0.25, -0.2) is 4.79 Å². The number of aryl methyl sites for hydroxylation is 1. The van der Waals surface area contributed by atoms with Crippen LogP contribution in [0, 0.1) is 0 Å². The van der Waals surface area contributed by atoms with Gasteiger partial charge in [0.25, 0.3) is 5.88 Å². The summed E-state index contributed by atoms with van der Waals surface area (Å²) in [7, 11) is -5.78. The number of nitrogens with zero attached hydrogens (tertiary/aromatic N) is 3. The third kappa shape index (κ3) is 2.50. The monoisotopic (exact) mass is 355 g/mol. The van der Waals surface area contributed by atoms with Crippen LogP contribution in [-0.2, 0) is 22.1 Å². The van der Waals surface area contributed by atoms with E-state index in [0.29, 0.717) is 31.6 Å². The van der Waals surface area contributed by atoms with E-state index in [4.69, 9.17) is 5.11 Å². The summed E-state index contributed by atoms with van der Waals surface area (Å²) >= 11 is 0. The Morgan fingerprint density at radius 2 is 2.00 bits per heavy atom. The average molecular weight is 355 g/mol. The van der Waals surface area contributed by atoms with Crippen LogP contribution in [0.2, 0.25) is 0 Å². The molecule has 1 fully saturated rings.